The van der Waals surface area contributed by atoms with Crippen LogP contribution >= 0.6 is 0 Å². The van der Waals surface area contributed by atoms with Crippen LogP contribution in [0.25, 0.3) is 11.1 Å². The summed E-state index contributed by atoms with van der Waals surface area (Å²) in [7, 11) is 0. The Hall–Kier alpha value is -4.04. The first-order valence-corrected chi connectivity index (χ1v) is 10.0. The number of anilines is 3. The van der Waals surface area contributed by atoms with Gasteiger partial charge < -0.3 is 15.4 Å². The Morgan fingerprint density at radius 1 is 1.10 bits per heavy atom. The first-order valence-electron chi connectivity index (χ1n) is 10.0. The van der Waals surface area contributed by atoms with E-state index in [4.69, 9.17) is 14.6 Å². The van der Waals surface area contributed by atoms with Crippen LogP contribution in [0, 0.1) is 0 Å². The fourth-order valence-electron chi connectivity index (χ4n) is 3.95. The molecule has 3 N–H and O–H groups in total. The van der Waals surface area contributed by atoms with Crippen LogP contribution in [0.1, 0.15) is 6.92 Å². The number of benzene rings is 2. The van der Waals surface area contributed by atoms with E-state index in [1.54, 1.807) is 6.20 Å². The lowest BCUT2D eigenvalue weighted by Gasteiger charge is -2.36. The van der Waals surface area contributed by atoms with Gasteiger partial charge >= 0.3 is 5.97 Å². The minimum absolute atomic E-state index is 0.472. The number of rotatable bonds is 4. The van der Waals surface area contributed by atoms with Crippen LogP contribution in [0.5, 0.6) is 5.75 Å². The Morgan fingerprint density at radius 2 is 2.00 bits per heavy atom. The number of nitrogens with one attached hydrogen (secondary N) is 3. The molecule has 1 unspecified atom stereocenters. The average molecular weight is 412 g/mol. The summed E-state index contributed by atoms with van der Waals surface area (Å²) in [4.78, 5) is 16.9. The standard InChI is InChI=1S/C23H20N6O2/c1-15-12-26-23(27-18-6-4-16(5-7-18)17-3-2-10-24-13-17)29(22(15)28-31-23)19-8-9-21-20(11-19)25-14-30-21/h2-13,25,27-28H,14H2,1H3. The molecule has 2 aromatic carbocycles. The monoisotopic (exact) mass is 412 g/mol. The molecular weight excluding hydrogens is 392 g/mol. The van der Waals surface area contributed by atoms with Crippen molar-refractivity contribution in [2.24, 2.45) is 4.99 Å². The number of pyridine rings is 1. The second-order valence-electron chi connectivity index (χ2n) is 7.53. The van der Waals surface area contributed by atoms with E-state index in [0.29, 0.717) is 6.73 Å². The van der Waals surface area contributed by atoms with Crippen LogP contribution in [0.4, 0.5) is 17.1 Å². The molecule has 8 nitrogen and oxygen atoms in total. The molecule has 31 heavy (non-hydrogen) atoms. The topological polar surface area (TPSA) is 83.0 Å². The van der Waals surface area contributed by atoms with E-state index < -0.39 is 5.97 Å². The van der Waals surface area contributed by atoms with Crippen molar-refractivity contribution in [2.75, 3.05) is 22.3 Å². The summed E-state index contributed by atoms with van der Waals surface area (Å²) >= 11 is 0. The first-order chi connectivity index (χ1) is 15.2. The highest BCUT2D eigenvalue weighted by molar-refractivity contribution is 5.85. The van der Waals surface area contributed by atoms with Gasteiger partial charge in [-0.25, -0.2) is 15.3 Å². The third kappa shape index (κ3) is 2.88. The zero-order valence-corrected chi connectivity index (χ0v) is 16.8. The van der Waals surface area contributed by atoms with Gasteiger partial charge in [-0.15, -0.1) is 0 Å². The Morgan fingerprint density at radius 3 is 2.84 bits per heavy atom. The van der Waals surface area contributed by atoms with Crippen molar-refractivity contribution < 1.29 is 9.57 Å². The fourth-order valence-corrected chi connectivity index (χ4v) is 3.95. The maximum atomic E-state index is 5.99. The number of nitrogens with zero attached hydrogens (tertiary/aromatic N) is 3. The van der Waals surface area contributed by atoms with Gasteiger partial charge in [-0.2, -0.15) is 0 Å². The molecular formula is C23H20N6O2. The number of hydrogen-bond donors (Lipinski definition) is 3. The summed E-state index contributed by atoms with van der Waals surface area (Å²) in [6.45, 7) is 2.47. The minimum atomic E-state index is -1.14. The quantitative estimate of drug-likeness (QED) is 0.600. The number of hydroxylamine groups is 1. The molecule has 0 aliphatic carbocycles. The molecule has 4 heterocycles. The third-order valence-electron chi connectivity index (χ3n) is 5.52. The van der Waals surface area contributed by atoms with Crippen LogP contribution in [0.15, 0.2) is 83.4 Å². The number of ether oxygens (including phenoxy) is 1. The van der Waals surface area contributed by atoms with E-state index in [9.17, 15) is 0 Å². The van der Waals surface area contributed by atoms with Gasteiger partial charge in [-0.05, 0) is 54.4 Å². The van der Waals surface area contributed by atoms with E-state index in [0.717, 1.165) is 45.3 Å². The van der Waals surface area contributed by atoms with Crippen LogP contribution in [-0.2, 0) is 4.84 Å². The van der Waals surface area contributed by atoms with Crippen LogP contribution < -0.4 is 25.8 Å². The van der Waals surface area contributed by atoms with Crippen LogP contribution in [0.3, 0.4) is 0 Å². The molecule has 3 aromatic rings. The Kier molecular flexibility index (Phi) is 3.87. The van der Waals surface area contributed by atoms with Crippen molar-refractivity contribution in [3.05, 3.63) is 78.4 Å². The Balaban J connectivity index is 1.34. The zero-order chi connectivity index (χ0) is 20.8. The lowest BCUT2D eigenvalue weighted by atomic mass is 10.1. The molecule has 0 amide bonds. The smallest absolute Gasteiger partial charge is 0.351 e. The fraction of sp³-hybridized carbons (Fsp3) is 0.130. The van der Waals surface area contributed by atoms with Gasteiger partial charge in [-0.3, -0.25) is 9.88 Å². The zero-order valence-electron chi connectivity index (χ0n) is 16.8. The molecule has 0 radical (unpaired) electrons. The molecule has 2 bridgehead atoms. The van der Waals surface area contributed by atoms with Crippen molar-refractivity contribution in [2.45, 2.75) is 12.9 Å². The van der Waals surface area contributed by atoms with Gasteiger partial charge in [0.1, 0.15) is 11.6 Å². The van der Waals surface area contributed by atoms with E-state index in [1.807, 2.05) is 78.8 Å². The molecule has 3 aliphatic rings. The molecule has 1 atom stereocenters. The lowest BCUT2D eigenvalue weighted by molar-refractivity contribution is -0.0214. The summed E-state index contributed by atoms with van der Waals surface area (Å²) in [5.74, 6) is 0.538. The molecule has 1 aromatic heterocycles. The van der Waals surface area contributed by atoms with Gasteiger partial charge in [-0.1, -0.05) is 18.2 Å². The molecule has 1 saturated heterocycles. The maximum absolute atomic E-state index is 5.99. The highest BCUT2D eigenvalue weighted by atomic mass is 16.7. The molecule has 154 valence electrons. The normalized spacial score (nSPS) is 20.7. The van der Waals surface area contributed by atoms with Crippen molar-refractivity contribution >= 4 is 23.3 Å². The van der Waals surface area contributed by atoms with Crippen molar-refractivity contribution in [1.29, 1.82) is 0 Å². The second-order valence-corrected chi connectivity index (χ2v) is 7.53. The number of aromatic nitrogens is 1. The summed E-state index contributed by atoms with van der Waals surface area (Å²) in [6.07, 6.45) is 5.44. The predicted octanol–water partition coefficient (Wildman–Crippen LogP) is 3.89. The highest BCUT2D eigenvalue weighted by Crippen LogP contribution is 2.42. The number of fused-ring (bicyclic) bond motifs is 3. The van der Waals surface area contributed by atoms with Gasteiger partial charge in [0, 0.05) is 29.9 Å². The van der Waals surface area contributed by atoms with Crippen molar-refractivity contribution in [3.8, 4) is 16.9 Å². The average Bonchev–Trinajstić information content (AvgIpc) is 3.39. The van der Waals surface area contributed by atoms with Crippen LogP contribution in [0.2, 0.25) is 0 Å². The number of aliphatic imine (C=N–C) groups is 1. The molecule has 3 aliphatic heterocycles. The number of hydrogen-bond acceptors (Lipinski definition) is 8. The molecule has 8 heteroatoms. The summed E-state index contributed by atoms with van der Waals surface area (Å²) in [5, 5.41) is 6.68. The Bertz CT molecular complexity index is 1210. The lowest BCUT2D eigenvalue weighted by Crippen LogP contribution is -2.51. The predicted molar refractivity (Wildman–Crippen MR) is 119 cm³/mol. The van der Waals surface area contributed by atoms with Crippen molar-refractivity contribution in [1.82, 2.24) is 10.5 Å². The van der Waals surface area contributed by atoms with Gasteiger partial charge in [0.2, 0.25) is 0 Å². The summed E-state index contributed by atoms with van der Waals surface area (Å²) in [6, 6.07) is 18.1. The highest BCUT2D eigenvalue weighted by Gasteiger charge is 2.49. The van der Waals surface area contributed by atoms with Gasteiger partial charge in [0.25, 0.3) is 0 Å². The summed E-state index contributed by atoms with van der Waals surface area (Å²) in [5.41, 5.74) is 8.92. The van der Waals surface area contributed by atoms with E-state index in [1.165, 1.54) is 0 Å². The van der Waals surface area contributed by atoms with E-state index in [-0.39, 0.29) is 0 Å². The minimum Gasteiger partial charge on any atom is -0.471 e. The van der Waals surface area contributed by atoms with E-state index >= 15 is 0 Å². The van der Waals surface area contributed by atoms with E-state index in [2.05, 4.69) is 21.1 Å². The molecule has 1 fully saturated rings. The SMILES string of the molecule is CC1=C2NOC(Nc3ccc(-c4cccnc4)cc3)(N=C1)N2c1ccc2c(c1)NCO2. The third-order valence-corrected chi connectivity index (χ3v) is 5.52. The molecule has 0 spiro atoms. The van der Waals surface area contributed by atoms with Gasteiger partial charge in [0.15, 0.2) is 6.73 Å². The Labute approximate surface area is 179 Å². The first kappa shape index (κ1) is 17.8. The number of allylic oxidation sites excluding steroid dienone is 1. The molecule has 0 saturated carbocycles. The van der Waals surface area contributed by atoms with Crippen LogP contribution in [-0.4, -0.2) is 23.9 Å². The molecule has 6 rings (SSSR count). The van der Waals surface area contributed by atoms with Crippen molar-refractivity contribution in [3.63, 3.8) is 0 Å². The second kappa shape index (κ2) is 6.75. The summed E-state index contributed by atoms with van der Waals surface area (Å²) < 4.78 is 5.56. The maximum Gasteiger partial charge on any atom is 0.351 e. The largest absolute Gasteiger partial charge is 0.471 e. The van der Waals surface area contributed by atoms with Gasteiger partial charge in [0.05, 0.1) is 11.4 Å².